The number of nitrogens with zero attached hydrogens (tertiary/aromatic N) is 2. The van der Waals surface area contributed by atoms with E-state index in [2.05, 4.69) is 5.32 Å². The predicted octanol–water partition coefficient (Wildman–Crippen LogP) is 1.74. The Labute approximate surface area is 162 Å². The number of nitrogens with one attached hydrogen (secondary N) is 1. The molecule has 0 aliphatic carbocycles. The zero-order valence-electron chi connectivity index (χ0n) is 15.6. The van der Waals surface area contributed by atoms with Gasteiger partial charge in [-0.2, -0.15) is 4.31 Å². The first-order chi connectivity index (χ1) is 11.9. The third-order valence-electron chi connectivity index (χ3n) is 5.44. The third kappa shape index (κ3) is 3.76. The molecular weight excluding hydrogens is 374 g/mol. The number of halogens is 1. The maximum absolute atomic E-state index is 12.9. The van der Waals surface area contributed by atoms with Gasteiger partial charge in [0.05, 0.1) is 4.90 Å². The van der Waals surface area contributed by atoms with Crippen molar-refractivity contribution in [2.24, 2.45) is 11.8 Å². The second-order valence-electron chi connectivity index (χ2n) is 6.96. The standard InChI is InChI=1S/C18H27N3O3S.ClH/c1-4-21(5-2)25(23,24)17-8-14(7-6-13(17)3)18(22)20-11-15-9-19-10-16(15)12-20;/h6-8,15-16,19H,4-5,9-12H2,1-3H3;1H/t15-,16+;. The fraction of sp³-hybridized carbons (Fsp3) is 0.611. The van der Waals surface area contributed by atoms with Gasteiger partial charge in [-0.05, 0) is 36.5 Å². The van der Waals surface area contributed by atoms with E-state index in [1.807, 2.05) is 18.7 Å². The van der Waals surface area contributed by atoms with Crippen LogP contribution in [0.3, 0.4) is 0 Å². The molecule has 26 heavy (non-hydrogen) atoms. The lowest BCUT2D eigenvalue weighted by Gasteiger charge is -2.21. The smallest absolute Gasteiger partial charge is 0.253 e. The number of hydrogen-bond acceptors (Lipinski definition) is 4. The first-order valence-electron chi connectivity index (χ1n) is 8.99. The number of hydrogen-bond donors (Lipinski definition) is 1. The number of carbonyl (C=O) groups excluding carboxylic acids is 1. The lowest BCUT2D eigenvalue weighted by atomic mass is 10.0. The SMILES string of the molecule is CCN(CC)S(=O)(=O)c1cc(C(=O)N2C[C@H]3CNC[C@H]3C2)ccc1C.Cl. The first kappa shape index (κ1) is 21.2. The van der Waals surface area contributed by atoms with Crippen molar-refractivity contribution in [1.29, 1.82) is 0 Å². The van der Waals surface area contributed by atoms with Crippen LogP contribution in [0.15, 0.2) is 23.1 Å². The molecule has 146 valence electrons. The summed E-state index contributed by atoms with van der Waals surface area (Å²) in [7, 11) is -3.57. The Morgan fingerprint density at radius 2 is 1.77 bits per heavy atom. The summed E-state index contributed by atoms with van der Waals surface area (Å²) in [6.07, 6.45) is 0. The van der Waals surface area contributed by atoms with E-state index < -0.39 is 10.0 Å². The highest BCUT2D eigenvalue weighted by Gasteiger charge is 2.38. The maximum Gasteiger partial charge on any atom is 0.253 e. The molecule has 8 heteroatoms. The van der Waals surface area contributed by atoms with Crippen LogP contribution in [-0.2, 0) is 10.0 Å². The number of carbonyl (C=O) groups is 1. The van der Waals surface area contributed by atoms with Crippen molar-refractivity contribution in [3.63, 3.8) is 0 Å². The maximum atomic E-state index is 12.9. The predicted molar refractivity (Wildman–Crippen MR) is 104 cm³/mol. The summed E-state index contributed by atoms with van der Waals surface area (Å²) < 4.78 is 27.2. The van der Waals surface area contributed by atoms with Gasteiger partial charge in [0.2, 0.25) is 10.0 Å². The van der Waals surface area contributed by atoms with Crippen molar-refractivity contribution >= 4 is 28.3 Å². The van der Waals surface area contributed by atoms with E-state index in [4.69, 9.17) is 0 Å². The quantitative estimate of drug-likeness (QED) is 0.815. The second-order valence-corrected chi connectivity index (χ2v) is 8.86. The number of likely N-dealkylation sites (tertiary alicyclic amines) is 1. The van der Waals surface area contributed by atoms with E-state index in [1.165, 1.54) is 4.31 Å². The molecule has 0 spiro atoms. The van der Waals surface area contributed by atoms with Gasteiger partial charge >= 0.3 is 0 Å². The molecule has 0 aromatic heterocycles. The molecule has 0 bridgehead atoms. The Bertz CT molecular complexity index is 753. The van der Waals surface area contributed by atoms with Gasteiger partial charge in [-0.25, -0.2) is 8.42 Å². The summed E-state index contributed by atoms with van der Waals surface area (Å²) in [4.78, 5) is 15.0. The average molecular weight is 402 g/mol. The Morgan fingerprint density at radius 3 is 2.31 bits per heavy atom. The molecule has 6 nitrogen and oxygen atoms in total. The monoisotopic (exact) mass is 401 g/mol. The van der Waals surface area contributed by atoms with Crippen LogP contribution in [0.5, 0.6) is 0 Å². The topological polar surface area (TPSA) is 69.7 Å². The summed E-state index contributed by atoms with van der Waals surface area (Å²) >= 11 is 0. The molecule has 0 saturated carbocycles. The molecule has 2 aliphatic heterocycles. The van der Waals surface area contributed by atoms with Gasteiger partial charge in [-0.3, -0.25) is 4.79 Å². The molecule has 1 amide bonds. The van der Waals surface area contributed by atoms with Crippen LogP contribution in [0.2, 0.25) is 0 Å². The number of aryl methyl sites for hydroxylation is 1. The van der Waals surface area contributed by atoms with Crippen LogP contribution in [-0.4, -0.2) is 62.8 Å². The van der Waals surface area contributed by atoms with E-state index in [1.54, 1.807) is 25.1 Å². The number of amides is 1. The molecular formula is C18H28ClN3O3S. The van der Waals surface area contributed by atoms with Gasteiger partial charge in [0.25, 0.3) is 5.91 Å². The summed E-state index contributed by atoms with van der Waals surface area (Å²) in [5.41, 5.74) is 1.13. The molecule has 0 unspecified atom stereocenters. The number of fused-ring (bicyclic) bond motifs is 1. The van der Waals surface area contributed by atoms with E-state index in [9.17, 15) is 13.2 Å². The molecule has 0 radical (unpaired) electrons. The van der Waals surface area contributed by atoms with Crippen molar-refractivity contribution < 1.29 is 13.2 Å². The molecule has 1 N–H and O–H groups in total. The summed E-state index contributed by atoms with van der Waals surface area (Å²) in [5, 5.41) is 3.36. The fourth-order valence-electron chi connectivity index (χ4n) is 3.92. The van der Waals surface area contributed by atoms with Gasteiger partial charge in [-0.1, -0.05) is 19.9 Å². The van der Waals surface area contributed by atoms with Crippen molar-refractivity contribution in [3.05, 3.63) is 29.3 Å². The fourth-order valence-corrected chi connectivity index (χ4v) is 5.63. The van der Waals surface area contributed by atoms with Crippen LogP contribution < -0.4 is 5.32 Å². The number of benzene rings is 1. The zero-order valence-corrected chi connectivity index (χ0v) is 17.2. The van der Waals surface area contributed by atoms with Crippen molar-refractivity contribution in [2.75, 3.05) is 39.3 Å². The molecule has 2 aliphatic rings. The van der Waals surface area contributed by atoms with E-state index in [-0.39, 0.29) is 23.2 Å². The van der Waals surface area contributed by atoms with Gasteiger partial charge in [-0.15, -0.1) is 12.4 Å². The number of sulfonamides is 1. The minimum absolute atomic E-state index is 0. The van der Waals surface area contributed by atoms with E-state index >= 15 is 0 Å². The van der Waals surface area contributed by atoms with Gasteiger partial charge in [0, 0.05) is 44.8 Å². The third-order valence-corrected chi connectivity index (χ3v) is 7.63. The lowest BCUT2D eigenvalue weighted by molar-refractivity contribution is 0.0781. The number of rotatable bonds is 5. The summed E-state index contributed by atoms with van der Waals surface area (Å²) in [6, 6.07) is 5.03. The highest BCUT2D eigenvalue weighted by atomic mass is 35.5. The minimum Gasteiger partial charge on any atom is -0.338 e. The molecule has 3 rings (SSSR count). The largest absolute Gasteiger partial charge is 0.338 e. The van der Waals surface area contributed by atoms with Crippen LogP contribution in [0.1, 0.15) is 29.8 Å². The van der Waals surface area contributed by atoms with E-state index in [0.717, 1.165) is 26.2 Å². The Balaban J connectivity index is 0.00000243. The van der Waals surface area contributed by atoms with Gasteiger partial charge in [0.1, 0.15) is 0 Å². The van der Waals surface area contributed by atoms with E-state index in [0.29, 0.717) is 36.1 Å². The normalized spacial score (nSPS) is 22.4. The molecule has 1 aromatic carbocycles. The molecule has 2 heterocycles. The van der Waals surface area contributed by atoms with Crippen molar-refractivity contribution in [3.8, 4) is 0 Å². The Morgan fingerprint density at radius 1 is 1.19 bits per heavy atom. The molecule has 1 aromatic rings. The highest BCUT2D eigenvalue weighted by Crippen LogP contribution is 2.28. The minimum atomic E-state index is -3.57. The van der Waals surface area contributed by atoms with Crippen LogP contribution in [0, 0.1) is 18.8 Å². The van der Waals surface area contributed by atoms with Crippen LogP contribution >= 0.6 is 12.4 Å². The molecule has 2 fully saturated rings. The zero-order chi connectivity index (χ0) is 18.2. The first-order valence-corrected chi connectivity index (χ1v) is 10.4. The summed E-state index contributed by atoms with van der Waals surface area (Å²) in [6.45, 7) is 9.68. The Kier molecular flexibility index (Phi) is 6.71. The van der Waals surface area contributed by atoms with Gasteiger partial charge in [0.15, 0.2) is 0 Å². The second kappa shape index (κ2) is 8.25. The average Bonchev–Trinajstić information content (AvgIpc) is 3.17. The highest BCUT2D eigenvalue weighted by molar-refractivity contribution is 7.89. The molecule has 2 saturated heterocycles. The lowest BCUT2D eigenvalue weighted by Crippen LogP contribution is -2.33. The van der Waals surface area contributed by atoms with Crippen molar-refractivity contribution in [2.45, 2.75) is 25.7 Å². The van der Waals surface area contributed by atoms with Crippen LogP contribution in [0.25, 0.3) is 0 Å². The summed E-state index contributed by atoms with van der Waals surface area (Å²) in [5.74, 6) is 0.979. The van der Waals surface area contributed by atoms with Gasteiger partial charge < -0.3 is 10.2 Å². The van der Waals surface area contributed by atoms with Crippen LogP contribution in [0.4, 0.5) is 0 Å². The Hall–Kier alpha value is -1.15. The molecule has 2 atom stereocenters. The van der Waals surface area contributed by atoms with Crippen molar-refractivity contribution in [1.82, 2.24) is 14.5 Å².